The average Bonchev–Trinajstić information content (AvgIpc) is 2.70. The largest absolute Gasteiger partial charge is 0.381 e. The predicted octanol–water partition coefficient (Wildman–Crippen LogP) is 1.56. The third-order valence-corrected chi connectivity index (χ3v) is 2.77. The summed E-state index contributed by atoms with van der Waals surface area (Å²) in [4.78, 5) is 0. The Morgan fingerprint density at radius 2 is 2.36 bits per heavy atom. The molecule has 1 heterocycles. The maximum absolute atomic E-state index is 5.99. The molecule has 2 atom stereocenters. The summed E-state index contributed by atoms with van der Waals surface area (Å²) in [6.07, 6.45) is 4.75. The zero-order valence-corrected chi connectivity index (χ0v) is 9.21. The first-order valence-electron chi connectivity index (χ1n) is 5.75. The van der Waals surface area contributed by atoms with Gasteiger partial charge in [0, 0.05) is 25.2 Å². The molecule has 14 heavy (non-hydrogen) atoms. The molecule has 0 saturated carbocycles. The summed E-state index contributed by atoms with van der Waals surface area (Å²) in [7, 11) is 0. The summed E-state index contributed by atoms with van der Waals surface area (Å²) in [6, 6.07) is 0.166. The monoisotopic (exact) mass is 201 g/mol. The van der Waals surface area contributed by atoms with Crippen LogP contribution in [0.25, 0.3) is 0 Å². The van der Waals surface area contributed by atoms with Crippen LogP contribution in [0.2, 0.25) is 0 Å². The SMILES string of the molecule is CCCCCOCC(N)C1CCOC1. The van der Waals surface area contributed by atoms with Crippen molar-refractivity contribution in [1.82, 2.24) is 0 Å². The van der Waals surface area contributed by atoms with E-state index < -0.39 is 0 Å². The summed E-state index contributed by atoms with van der Waals surface area (Å²) in [5.41, 5.74) is 5.99. The summed E-state index contributed by atoms with van der Waals surface area (Å²) in [6.45, 7) is 5.43. The van der Waals surface area contributed by atoms with E-state index in [2.05, 4.69) is 6.92 Å². The Morgan fingerprint density at radius 1 is 1.50 bits per heavy atom. The Labute approximate surface area is 86.9 Å². The minimum Gasteiger partial charge on any atom is -0.381 e. The molecule has 0 radical (unpaired) electrons. The third-order valence-electron chi connectivity index (χ3n) is 2.77. The Morgan fingerprint density at radius 3 is 3.00 bits per heavy atom. The van der Waals surface area contributed by atoms with E-state index in [1.807, 2.05) is 0 Å². The molecule has 0 amide bonds. The van der Waals surface area contributed by atoms with Gasteiger partial charge in [-0.15, -0.1) is 0 Å². The molecule has 1 rings (SSSR count). The van der Waals surface area contributed by atoms with Crippen molar-refractivity contribution in [3.63, 3.8) is 0 Å². The van der Waals surface area contributed by atoms with Gasteiger partial charge in [0.05, 0.1) is 13.2 Å². The smallest absolute Gasteiger partial charge is 0.0621 e. The van der Waals surface area contributed by atoms with Gasteiger partial charge in [-0.3, -0.25) is 0 Å². The van der Waals surface area contributed by atoms with Gasteiger partial charge in [0.1, 0.15) is 0 Å². The van der Waals surface area contributed by atoms with Crippen LogP contribution in [0.15, 0.2) is 0 Å². The van der Waals surface area contributed by atoms with Gasteiger partial charge in [-0.2, -0.15) is 0 Å². The second-order valence-electron chi connectivity index (χ2n) is 4.07. The molecule has 84 valence electrons. The summed E-state index contributed by atoms with van der Waals surface area (Å²) < 4.78 is 10.8. The molecule has 0 spiro atoms. The molecule has 2 N–H and O–H groups in total. The van der Waals surface area contributed by atoms with Crippen LogP contribution in [0.4, 0.5) is 0 Å². The van der Waals surface area contributed by atoms with Crippen LogP contribution in [0, 0.1) is 5.92 Å². The van der Waals surface area contributed by atoms with Crippen LogP contribution in [-0.2, 0) is 9.47 Å². The van der Waals surface area contributed by atoms with E-state index in [1.54, 1.807) is 0 Å². The van der Waals surface area contributed by atoms with Crippen molar-refractivity contribution in [2.75, 3.05) is 26.4 Å². The van der Waals surface area contributed by atoms with E-state index in [9.17, 15) is 0 Å². The lowest BCUT2D eigenvalue weighted by molar-refractivity contribution is 0.0967. The first-order valence-corrected chi connectivity index (χ1v) is 5.75. The highest BCUT2D eigenvalue weighted by atomic mass is 16.5. The Bertz CT molecular complexity index is 135. The van der Waals surface area contributed by atoms with Gasteiger partial charge in [-0.1, -0.05) is 19.8 Å². The fraction of sp³-hybridized carbons (Fsp3) is 1.00. The van der Waals surface area contributed by atoms with E-state index in [4.69, 9.17) is 15.2 Å². The highest BCUT2D eigenvalue weighted by Crippen LogP contribution is 2.15. The lowest BCUT2D eigenvalue weighted by Crippen LogP contribution is -2.35. The molecule has 1 aliphatic rings. The number of nitrogens with two attached hydrogens (primary N) is 1. The van der Waals surface area contributed by atoms with Gasteiger partial charge in [-0.05, 0) is 12.8 Å². The van der Waals surface area contributed by atoms with E-state index in [0.717, 1.165) is 32.7 Å². The second kappa shape index (κ2) is 7.21. The van der Waals surface area contributed by atoms with Gasteiger partial charge >= 0.3 is 0 Å². The highest BCUT2D eigenvalue weighted by molar-refractivity contribution is 4.75. The van der Waals surface area contributed by atoms with Gasteiger partial charge < -0.3 is 15.2 Å². The molecule has 0 aromatic carbocycles. The van der Waals surface area contributed by atoms with Crippen LogP contribution in [0.3, 0.4) is 0 Å². The number of ether oxygens (including phenoxy) is 2. The molecule has 1 aliphatic heterocycles. The van der Waals surface area contributed by atoms with E-state index in [-0.39, 0.29) is 6.04 Å². The zero-order chi connectivity index (χ0) is 10.2. The van der Waals surface area contributed by atoms with Crippen LogP contribution >= 0.6 is 0 Å². The topological polar surface area (TPSA) is 44.5 Å². The third kappa shape index (κ3) is 4.40. The first-order chi connectivity index (χ1) is 6.84. The molecule has 0 aromatic rings. The van der Waals surface area contributed by atoms with Crippen LogP contribution in [0.1, 0.15) is 32.6 Å². The maximum atomic E-state index is 5.99. The number of rotatable bonds is 7. The quantitative estimate of drug-likeness (QED) is 0.636. The van der Waals surface area contributed by atoms with Gasteiger partial charge in [-0.25, -0.2) is 0 Å². The molecule has 2 unspecified atom stereocenters. The van der Waals surface area contributed by atoms with Crippen LogP contribution in [0.5, 0.6) is 0 Å². The summed E-state index contributed by atoms with van der Waals surface area (Å²) in [5, 5.41) is 0. The molecule has 0 aromatic heterocycles. The van der Waals surface area contributed by atoms with Crippen molar-refractivity contribution < 1.29 is 9.47 Å². The fourth-order valence-corrected chi connectivity index (χ4v) is 1.70. The Hall–Kier alpha value is -0.120. The lowest BCUT2D eigenvalue weighted by atomic mass is 10.0. The average molecular weight is 201 g/mol. The molecule has 1 fully saturated rings. The number of unbranched alkanes of at least 4 members (excludes halogenated alkanes) is 2. The highest BCUT2D eigenvalue weighted by Gasteiger charge is 2.22. The van der Waals surface area contributed by atoms with Crippen molar-refractivity contribution in [3.8, 4) is 0 Å². The van der Waals surface area contributed by atoms with Crippen LogP contribution in [-0.4, -0.2) is 32.5 Å². The van der Waals surface area contributed by atoms with E-state index in [1.165, 1.54) is 12.8 Å². The van der Waals surface area contributed by atoms with Crippen molar-refractivity contribution in [2.45, 2.75) is 38.6 Å². The fourth-order valence-electron chi connectivity index (χ4n) is 1.70. The van der Waals surface area contributed by atoms with Crippen LogP contribution < -0.4 is 5.73 Å². The lowest BCUT2D eigenvalue weighted by Gasteiger charge is -2.17. The second-order valence-corrected chi connectivity index (χ2v) is 4.07. The first kappa shape index (κ1) is 12.0. The van der Waals surface area contributed by atoms with Crippen molar-refractivity contribution in [3.05, 3.63) is 0 Å². The van der Waals surface area contributed by atoms with Gasteiger partial charge in [0.2, 0.25) is 0 Å². The van der Waals surface area contributed by atoms with Crippen molar-refractivity contribution >= 4 is 0 Å². The van der Waals surface area contributed by atoms with Gasteiger partial charge in [0.15, 0.2) is 0 Å². The predicted molar refractivity (Wildman–Crippen MR) is 57.2 cm³/mol. The summed E-state index contributed by atoms with van der Waals surface area (Å²) >= 11 is 0. The zero-order valence-electron chi connectivity index (χ0n) is 9.21. The number of hydrogen-bond acceptors (Lipinski definition) is 3. The van der Waals surface area contributed by atoms with Gasteiger partial charge in [0.25, 0.3) is 0 Å². The maximum Gasteiger partial charge on any atom is 0.0621 e. The van der Waals surface area contributed by atoms with E-state index in [0.29, 0.717) is 12.5 Å². The normalized spacial score (nSPS) is 24.0. The molecule has 0 aliphatic carbocycles. The van der Waals surface area contributed by atoms with Crippen molar-refractivity contribution in [2.24, 2.45) is 11.7 Å². The minimum atomic E-state index is 0.166. The number of hydrogen-bond donors (Lipinski definition) is 1. The standard InChI is InChI=1S/C11H23NO2/c1-2-3-4-6-13-9-11(12)10-5-7-14-8-10/h10-11H,2-9,12H2,1H3. The molecule has 0 bridgehead atoms. The Kier molecular flexibility index (Phi) is 6.15. The Balaban J connectivity index is 1.94. The summed E-state index contributed by atoms with van der Waals surface area (Å²) in [5.74, 6) is 0.515. The molecular weight excluding hydrogens is 178 g/mol. The molecule has 1 saturated heterocycles. The van der Waals surface area contributed by atoms with E-state index >= 15 is 0 Å². The molecular formula is C11H23NO2. The van der Waals surface area contributed by atoms with Crippen molar-refractivity contribution in [1.29, 1.82) is 0 Å². The molecule has 3 nitrogen and oxygen atoms in total. The molecule has 3 heteroatoms. The minimum absolute atomic E-state index is 0.166.